The molecule has 0 aliphatic rings. The van der Waals surface area contributed by atoms with Crippen LogP contribution in [0.25, 0.3) is 0 Å². The van der Waals surface area contributed by atoms with Crippen LogP contribution in [-0.4, -0.2) is 16.1 Å². The molecule has 3 rings (SSSR count). The fourth-order valence-corrected chi connectivity index (χ4v) is 3.82. The fourth-order valence-electron chi connectivity index (χ4n) is 2.10. The first-order chi connectivity index (χ1) is 12.1. The highest BCUT2D eigenvalue weighted by atomic mass is 32.2. The molecule has 0 fully saturated rings. The zero-order valence-corrected chi connectivity index (χ0v) is 15.2. The number of hydrogen-bond acceptors (Lipinski definition) is 5. The Bertz CT molecular complexity index is 848. The third-order valence-corrected chi connectivity index (χ3v) is 5.46. The minimum absolute atomic E-state index is 0.172. The predicted molar refractivity (Wildman–Crippen MR) is 99.4 cm³/mol. The van der Waals surface area contributed by atoms with Crippen molar-refractivity contribution in [2.75, 3.05) is 5.32 Å². The van der Waals surface area contributed by atoms with Gasteiger partial charge in [0, 0.05) is 5.75 Å². The van der Waals surface area contributed by atoms with E-state index in [0.29, 0.717) is 5.13 Å². The highest BCUT2D eigenvalue weighted by Crippen LogP contribution is 2.28. The van der Waals surface area contributed by atoms with E-state index in [2.05, 4.69) is 46.7 Å². The number of carbonyl (C=O) groups is 1. The average molecular weight is 373 g/mol. The first-order valence-corrected chi connectivity index (χ1v) is 9.45. The standard InChI is InChI=1S/C18H16FN3OS2/c1-12-2-4-14(5-3-12)11-24-18-22-21-17(25-18)20-16(23)10-13-6-8-15(19)9-7-13/h2-9H,10-11H2,1H3,(H,20,21,23). The van der Waals surface area contributed by atoms with Crippen LogP contribution in [0.3, 0.4) is 0 Å². The van der Waals surface area contributed by atoms with Gasteiger partial charge >= 0.3 is 0 Å². The predicted octanol–water partition coefficient (Wildman–Crippen LogP) is 4.46. The maximum atomic E-state index is 12.9. The number of rotatable bonds is 6. The smallest absolute Gasteiger partial charge is 0.230 e. The van der Waals surface area contributed by atoms with E-state index in [0.717, 1.165) is 15.7 Å². The van der Waals surface area contributed by atoms with E-state index in [9.17, 15) is 9.18 Å². The lowest BCUT2D eigenvalue weighted by atomic mass is 10.1. The maximum Gasteiger partial charge on any atom is 0.230 e. The van der Waals surface area contributed by atoms with E-state index in [4.69, 9.17) is 0 Å². The largest absolute Gasteiger partial charge is 0.300 e. The van der Waals surface area contributed by atoms with Crippen LogP contribution in [0.5, 0.6) is 0 Å². The van der Waals surface area contributed by atoms with Gasteiger partial charge in [-0.15, -0.1) is 10.2 Å². The molecule has 0 atom stereocenters. The summed E-state index contributed by atoms with van der Waals surface area (Å²) in [6.45, 7) is 2.06. The number of carbonyl (C=O) groups excluding carboxylic acids is 1. The van der Waals surface area contributed by atoms with Crippen molar-refractivity contribution in [3.8, 4) is 0 Å². The zero-order chi connectivity index (χ0) is 17.6. The van der Waals surface area contributed by atoms with Crippen molar-refractivity contribution in [1.82, 2.24) is 10.2 Å². The first-order valence-electron chi connectivity index (χ1n) is 7.64. The second kappa shape index (κ2) is 8.22. The number of nitrogens with one attached hydrogen (secondary N) is 1. The Morgan fingerprint density at radius 2 is 1.76 bits per heavy atom. The van der Waals surface area contributed by atoms with E-state index in [1.54, 1.807) is 23.9 Å². The Morgan fingerprint density at radius 1 is 1.08 bits per heavy atom. The quantitative estimate of drug-likeness (QED) is 0.512. The van der Waals surface area contributed by atoms with Gasteiger partial charge in [0.2, 0.25) is 11.0 Å². The van der Waals surface area contributed by atoms with Crippen LogP contribution >= 0.6 is 23.1 Å². The molecule has 3 aromatic rings. The monoisotopic (exact) mass is 373 g/mol. The number of amides is 1. The molecular weight excluding hydrogens is 357 g/mol. The van der Waals surface area contributed by atoms with E-state index in [-0.39, 0.29) is 18.1 Å². The minimum Gasteiger partial charge on any atom is -0.300 e. The van der Waals surface area contributed by atoms with Crippen LogP contribution in [0.15, 0.2) is 52.9 Å². The van der Waals surface area contributed by atoms with Gasteiger partial charge in [-0.3, -0.25) is 4.79 Å². The summed E-state index contributed by atoms with van der Waals surface area (Å²) in [6.07, 6.45) is 0.172. The second-order valence-electron chi connectivity index (χ2n) is 5.50. The summed E-state index contributed by atoms with van der Waals surface area (Å²) in [5, 5.41) is 11.3. The topological polar surface area (TPSA) is 54.9 Å². The van der Waals surface area contributed by atoms with Gasteiger partial charge in [0.15, 0.2) is 4.34 Å². The van der Waals surface area contributed by atoms with Crippen LogP contribution in [0, 0.1) is 12.7 Å². The van der Waals surface area contributed by atoms with Gasteiger partial charge < -0.3 is 5.32 Å². The molecule has 2 aromatic carbocycles. The molecule has 0 spiro atoms. The molecule has 0 saturated heterocycles. The van der Waals surface area contributed by atoms with Crippen molar-refractivity contribution < 1.29 is 9.18 Å². The summed E-state index contributed by atoms with van der Waals surface area (Å²) >= 11 is 2.93. The highest BCUT2D eigenvalue weighted by molar-refractivity contribution is 8.00. The summed E-state index contributed by atoms with van der Waals surface area (Å²) in [7, 11) is 0. The van der Waals surface area contributed by atoms with Crippen LogP contribution in [-0.2, 0) is 17.0 Å². The molecular formula is C18H16FN3OS2. The Morgan fingerprint density at radius 3 is 2.48 bits per heavy atom. The van der Waals surface area contributed by atoms with Crippen LogP contribution in [0.1, 0.15) is 16.7 Å². The van der Waals surface area contributed by atoms with Crippen LogP contribution in [0.4, 0.5) is 9.52 Å². The Hall–Kier alpha value is -2.25. The fraction of sp³-hybridized carbons (Fsp3) is 0.167. The van der Waals surface area contributed by atoms with Gasteiger partial charge in [0.1, 0.15) is 5.82 Å². The molecule has 0 bridgehead atoms. The molecule has 4 nitrogen and oxygen atoms in total. The van der Waals surface area contributed by atoms with Crippen LogP contribution in [0.2, 0.25) is 0 Å². The van der Waals surface area contributed by atoms with Crippen molar-refractivity contribution in [2.24, 2.45) is 0 Å². The molecule has 0 unspecified atom stereocenters. The Balaban J connectivity index is 1.51. The van der Waals surface area contributed by atoms with Gasteiger partial charge in [0.25, 0.3) is 0 Å². The van der Waals surface area contributed by atoms with Crippen molar-refractivity contribution in [1.29, 1.82) is 0 Å². The summed E-state index contributed by atoms with van der Waals surface area (Å²) in [4.78, 5) is 12.0. The van der Waals surface area contributed by atoms with Gasteiger partial charge in [-0.25, -0.2) is 4.39 Å². The number of anilines is 1. The molecule has 1 N–H and O–H groups in total. The van der Waals surface area contributed by atoms with E-state index < -0.39 is 0 Å². The molecule has 7 heteroatoms. The number of aryl methyl sites for hydroxylation is 1. The van der Waals surface area contributed by atoms with E-state index in [1.165, 1.54) is 34.6 Å². The van der Waals surface area contributed by atoms with Crippen molar-refractivity contribution >= 4 is 34.1 Å². The second-order valence-corrected chi connectivity index (χ2v) is 7.70. The van der Waals surface area contributed by atoms with Crippen molar-refractivity contribution in [2.45, 2.75) is 23.4 Å². The summed E-state index contributed by atoms with van der Waals surface area (Å²) < 4.78 is 13.7. The summed E-state index contributed by atoms with van der Waals surface area (Å²) in [6, 6.07) is 14.2. The molecule has 1 heterocycles. The highest BCUT2D eigenvalue weighted by Gasteiger charge is 2.10. The lowest BCUT2D eigenvalue weighted by Gasteiger charge is -2.01. The minimum atomic E-state index is -0.316. The molecule has 25 heavy (non-hydrogen) atoms. The first kappa shape index (κ1) is 17.6. The van der Waals surface area contributed by atoms with Crippen LogP contribution < -0.4 is 5.32 Å². The maximum absolute atomic E-state index is 12.9. The van der Waals surface area contributed by atoms with Gasteiger partial charge in [-0.1, -0.05) is 65.1 Å². The zero-order valence-electron chi connectivity index (χ0n) is 13.5. The van der Waals surface area contributed by atoms with Crippen molar-refractivity contribution in [3.63, 3.8) is 0 Å². The number of nitrogens with zero attached hydrogens (tertiary/aromatic N) is 2. The lowest BCUT2D eigenvalue weighted by Crippen LogP contribution is -2.14. The van der Waals surface area contributed by atoms with E-state index >= 15 is 0 Å². The molecule has 0 saturated carbocycles. The molecule has 128 valence electrons. The normalized spacial score (nSPS) is 10.6. The van der Waals surface area contributed by atoms with Gasteiger partial charge in [-0.05, 0) is 30.2 Å². The summed E-state index contributed by atoms with van der Waals surface area (Å²) in [5.41, 5.74) is 3.20. The van der Waals surface area contributed by atoms with Crippen molar-refractivity contribution in [3.05, 3.63) is 71.0 Å². The lowest BCUT2D eigenvalue weighted by molar-refractivity contribution is -0.115. The van der Waals surface area contributed by atoms with Gasteiger partial charge in [0.05, 0.1) is 6.42 Å². The number of halogens is 1. The Labute approximate surface area is 153 Å². The number of benzene rings is 2. The third kappa shape index (κ3) is 5.37. The SMILES string of the molecule is Cc1ccc(CSc2nnc(NC(=O)Cc3ccc(F)cc3)s2)cc1. The number of thioether (sulfide) groups is 1. The average Bonchev–Trinajstić information content (AvgIpc) is 3.04. The molecule has 0 aliphatic heterocycles. The summed E-state index contributed by atoms with van der Waals surface area (Å²) in [5.74, 6) is 0.291. The molecule has 0 aliphatic carbocycles. The van der Waals surface area contributed by atoms with E-state index in [1.807, 2.05) is 0 Å². The molecule has 1 amide bonds. The number of aromatic nitrogens is 2. The van der Waals surface area contributed by atoms with Gasteiger partial charge in [-0.2, -0.15) is 0 Å². The Kier molecular flexibility index (Phi) is 5.78. The third-order valence-electron chi connectivity index (χ3n) is 3.41. The molecule has 1 aromatic heterocycles. The number of hydrogen-bond donors (Lipinski definition) is 1. The molecule has 0 radical (unpaired) electrons.